The van der Waals surface area contributed by atoms with Gasteiger partial charge >= 0.3 is 0 Å². The van der Waals surface area contributed by atoms with Gasteiger partial charge in [-0.1, -0.05) is 0 Å². The van der Waals surface area contributed by atoms with Gasteiger partial charge < -0.3 is 10.5 Å². The summed E-state index contributed by atoms with van der Waals surface area (Å²) in [6.07, 6.45) is 3.87. The lowest BCUT2D eigenvalue weighted by Gasteiger charge is -2.42. The van der Waals surface area contributed by atoms with E-state index in [1.165, 1.54) is 32.4 Å². The Hall–Kier alpha value is -0.160. The molecule has 16 heavy (non-hydrogen) atoms. The number of methoxy groups -OCH3 is 1. The van der Waals surface area contributed by atoms with Crippen LogP contribution in [0.15, 0.2) is 0 Å². The molecule has 4 heteroatoms. The Morgan fingerprint density at radius 2 is 2.31 bits per heavy atom. The standard InChI is InChI=1S/C12H25N3O/c1-14(8-9-16-2)12(10-13)5-7-15-6-3-4-11(12)15/h11H,3-10,13H2,1-2H3. The number of fused-ring (bicyclic) bond motifs is 1. The van der Waals surface area contributed by atoms with Gasteiger partial charge in [0, 0.05) is 38.3 Å². The predicted octanol–water partition coefficient (Wildman–Crippen LogP) is 0.130. The molecule has 0 spiro atoms. The van der Waals surface area contributed by atoms with Gasteiger partial charge in [-0.05, 0) is 32.9 Å². The highest BCUT2D eigenvalue weighted by Crippen LogP contribution is 2.38. The zero-order valence-electron chi connectivity index (χ0n) is 10.6. The average molecular weight is 227 g/mol. The molecular weight excluding hydrogens is 202 g/mol. The second-order valence-electron chi connectivity index (χ2n) is 5.17. The Morgan fingerprint density at radius 1 is 1.50 bits per heavy atom. The second kappa shape index (κ2) is 5.00. The quantitative estimate of drug-likeness (QED) is 0.725. The summed E-state index contributed by atoms with van der Waals surface area (Å²) in [6, 6.07) is 0.680. The first-order valence-corrected chi connectivity index (χ1v) is 6.39. The lowest BCUT2D eigenvalue weighted by atomic mass is 9.87. The van der Waals surface area contributed by atoms with E-state index in [2.05, 4.69) is 16.8 Å². The van der Waals surface area contributed by atoms with Crippen LogP contribution in [0.5, 0.6) is 0 Å². The molecule has 0 aromatic heterocycles. The minimum absolute atomic E-state index is 0.203. The summed E-state index contributed by atoms with van der Waals surface area (Å²) in [5, 5.41) is 0. The fraction of sp³-hybridized carbons (Fsp3) is 1.00. The lowest BCUT2D eigenvalue weighted by molar-refractivity contribution is 0.0619. The average Bonchev–Trinajstić information content (AvgIpc) is 2.87. The molecule has 0 bridgehead atoms. The molecule has 94 valence electrons. The normalized spacial score (nSPS) is 34.9. The Bertz CT molecular complexity index is 236. The van der Waals surface area contributed by atoms with Crippen LogP contribution in [0.4, 0.5) is 0 Å². The molecule has 2 N–H and O–H groups in total. The Balaban J connectivity index is 2.06. The fourth-order valence-electron chi connectivity index (χ4n) is 3.50. The van der Waals surface area contributed by atoms with E-state index in [1.807, 2.05) is 0 Å². The van der Waals surface area contributed by atoms with Crippen molar-refractivity contribution in [3.8, 4) is 0 Å². The van der Waals surface area contributed by atoms with Crippen LogP contribution >= 0.6 is 0 Å². The molecule has 0 aromatic carbocycles. The van der Waals surface area contributed by atoms with Crippen molar-refractivity contribution in [1.29, 1.82) is 0 Å². The van der Waals surface area contributed by atoms with E-state index in [0.29, 0.717) is 6.04 Å². The molecular formula is C12H25N3O. The number of ether oxygens (including phenoxy) is 1. The maximum absolute atomic E-state index is 6.09. The van der Waals surface area contributed by atoms with Gasteiger partial charge in [0.05, 0.1) is 6.61 Å². The van der Waals surface area contributed by atoms with Gasteiger partial charge in [0.25, 0.3) is 0 Å². The lowest BCUT2D eigenvalue weighted by Crippen LogP contribution is -2.59. The van der Waals surface area contributed by atoms with Crippen molar-refractivity contribution in [2.75, 3.05) is 46.9 Å². The topological polar surface area (TPSA) is 41.7 Å². The molecule has 0 aromatic rings. The number of hydrogen-bond acceptors (Lipinski definition) is 4. The summed E-state index contributed by atoms with van der Waals surface area (Å²) in [6.45, 7) is 5.04. The van der Waals surface area contributed by atoms with E-state index in [0.717, 1.165) is 19.7 Å². The van der Waals surface area contributed by atoms with E-state index in [-0.39, 0.29) is 5.54 Å². The largest absolute Gasteiger partial charge is 0.383 e. The van der Waals surface area contributed by atoms with E-state index in [4.69, 9.17) is 10.5 Å². The van der Waals surface area contributed by atoms with Crippen LogP contribution in [-0.4, -0.2) is 68.3 Å². The van der Waals surface area contributed by atoms with Crippen molar-refractivity contribution in [3.05, 3.63) is 0 Å². The van der Waals surface area contributed by atoms with Gasteiger partial charge in [-0.15, -0.1) is 0 Å². The molecule has 2 atom stereocenters. The summed E-state index contributed by atoms with van der Waals surface area (Å²) < 4.78 is 5.18. The van der Waals surface area contributed by atoms with Crippen molar-refractivity contribution in [1.82, 2.24) is 9.80 Å². The summed E-state index contributed by atoms with van der Waals surface area (Å²) in [7, 11) is 3.97. The molecule has 0 saturated carbocycles. The monoisotopic (exact) mass is 227 g/mol. The minimum atomic E-state index is 0.203. The van der Waals surface area contributed by atoms with Crippen LogP contribution in [0, 0.1) is 0 Å². The highest BCUT2D eigenvalue weighted by molar-refractivity contribution is 5.09. The second-order valence-corrected chi connectivity index (χ2v) is 5.17. The van der Waals surface area contributed by atoms with E-state index < -0.39 is 0 Å². The zero-order chi connectivity index (χ0) is 11.6. The molecule has 0 aliphatic carbocycles. The van der Waals surface area contributed by atoms with Crippen LogP contribution in [-0.2, 0) is 4.74 Å². The first-order chi connectivity index (χ1) is 7.74. The van der Waals surface area contributed by atoms with Crippen LogP contribution in [0.3, 0.4) is 0 Å². The molecule has 2 unspecified atom stereocenters. The highest BCUT2D eigenvalue weighted by atomic mass is 16.5. The predicted molar refractivity (Wildman–Crippen MR) is 65.5 cm³/mol. The molecule has 2 heterocycles. The van der Waals surface area contributed by atoms with Gasteiger partial charge in [-0.25, -0.2) is 0 Å². The number of nitrogens with two attached hydrogens (primary N) is 1. The van der Waals surface area contributed by atoms with Gasteiger partial charge in [0.2, 0.25) is 0 Å². The van der Waals surface area contributed by atoms with Gasteiger partial charge in [-0.3, -0.25) is 9.80 Å². The first-order valence-electron chi connectivity index (χ1n) is 6.39. The van der Waals surface area contributed by atoms with E-state index >= 15 is 0 Å². The van der Waals surface area contributed by atoms with Crippen LogP contribution in [0.1, 0.15) is 19.3 Å². The number of rotatable bonds is 5. The first kappa shape index (κ1) is 12.3. The van der Waals surface area contributed by atoms with E-state index in [9.17, 15) is 0 Å². The SMILES string of the molecule is COCCN(C)C1(CN)CCN2CCCC21. The van der Waals surface area contributed by atoms with Crippen molar-refractivity contribution in [2.24, 2.45) is 5.73 Å². The maximum Gasteiger partial charge on any atom is 0.0589 e. The number of hydrogen-bond donors (Lipinski definition) is 1. The zero-order valence-corrected chi connectivity index (χ0v) is 10.6. The third-order valence-electron chi connectivity index (χ3n) is 4.56. The van der Waals surface area contributed by atoms with Gasteiger partial charge in [0.1, 0.15) is 0 Å². The molecule has 0 radical (unpaired) electrons. The molecule has 4 nitrogen and oxygen atoms in total. The minimum Gasteiger partial charge on any atom is -0.383 e. The third kappa shape index (κ3) is 1.88. The molecule has 2 rings (SSSR count). The third-order valence-corrected chi connectivity index (χ3v) is 4.56. The molecule has 0 amide bonds. The smallest absolute Gasteiger partial charge is 0.0589 e. The summed E-state index contributed by atoms with van der Waals surface area (Å²) in [5.41, 5.74) is 6.29. The Morgan fingerprint density at radius 3 is 3.00 bits per heavy atom. The van der Waals surface area contributed by atoms with Gasteiger partial charge in [0.15, 0.2) is 0 Å². The molecule has 2 saturated heterocycles. The van der Waals surface area contributed by atoms with E-state index in [1.54, 1.807) is 7.11 Å². The Kier molecular flexibility index (Phi) is 3.85. The summed E-state index contributed by atoms with van der Waals surface area (Å²) in [5.74, 6) is 0. The fourth-order valence-corrected chi connectivity index (χ4v) is 3.50. The Labute approximate surface area is 98.7 Å². The number of nitrogens with zero attached hydrogens (tertiary/aromatic N) is 2. The molecule has 2 aliphatic heterocycles. The van der Waals surface area contributed by atoms with Crippen molar-refractivity contribution in [3.63, 3.8) is 0 Å². The van der Waals surface area contributed by atoms with Crippen molar-refractivity contribution in [2.45, 2.75) is 30.8 Å². The van der Waals surface area contributed by atoms with Crippen LogP contribution in [0.2, 0.25) is 0 Å². The maximum atomic E-state index is 6.09. The van der Waals surface area contributed by atoms with Gasteiger partial charge in [-0.2, -0.15) is 0 Å². The van der Waals surface area contributed by atoms with Crippen molar-refractivity contribution >= 4 is 0 Å². The summed E-state index contributed by atoms with van der Waals surface area (Å²) >= 11 is 0. The molecule has 2 fully saturated rings. The van der Waals surface area contributed by atoms with Crippen LogP contribution < -0.4 is 5.73 Å². The highest BCUT2D eigenvalue weighted by Gasteiger charge is 2.50. The number of likely N-dealkylation sites (N-methyl/N-ethyl adjacent to an activating group) is 1. The van der Waals surface area contributed by atoms with Crippen molar-refractivity contribution < 1.29 is 4.74 Å². The van der Waals surface area contributed by atoms with Crippen LogP contribution in [0.25, 0.3) is 0 Å². The summed E-state index contributed by atoms with van der Waals surface area (Å²) in [4.78, 5) is 5.06. The molecule has 2 aliphatic rings.